The summed E-state index contributed by atoms with van der Waals surface area (Å²) in [6, 6.07) is 14.4. The number of anilines is 1. The van der Waals surface area contributed by atoms with Gasteiger partial charge >= 0.3 is 6.18 Å². The van der Waals surface area contributed by atoms with Gasteiger partial charge in [0.15, 0.2) is 0 Å². The molecule has 1 atom stereocenters. The van der Waals surface area contributed by atoms with Crippen molar-refractivity contribution < 1.29 is 22.8 Å². The van der Waals surface area contributed by atoms with E-state index < -0.39 is 23.6 Å². The molecule has 1 saturated heterocycles. The average Bonchev–Trinajstić information content (AvgIpc) is 3.03. The van der Waals surface area contributed by atoms with Crippen molar-refractivity contribution in [3.05, 3.63) is 65.7 Å². The number of aryl methyl sites for hydroxylation is 1. The first kappa shape index (κ1) is 19.9. The SMILES string of the molecule is O=C(Nc1cccc(C(F)(F)F)c1)C1CC(=O)N(CCCc2ccccc2)C1. The topological polar surface area (TPSA) is 49.4 Å². The molecule has 2 aromatic rings. The maximum atomic E-state index is 12.8. The second kappa shape index (κ2) is 8.46. The minimum absolute atomic E-state index is 0.0785. The number of benzene rings is 2. The monoisotopic (exact) mass is 390 g/mol. The minimum Gasteiger partial charge on any atom is -0.342 e. The first-order valence-electron chi connectivity index (χ1n) is 9.13. The van der Waals surface area contributed by atoms with Gasteiger partial charge in [-0.3, -0.25) is 9.59 Å². The second-order valence-corrected chi connectivity index (χ2v) is 6.90. The van der Waals surface area contributed by atoms with E-state index >= 15 is 0 Å². The van der Waals surface area contributed by atoms with Crippen LogP contribution in [0.3, 0.4) is 0 Å². The maximum absolute atomic E-state index is 12.8. The molecule has 0 aliphatic carbocycles. The summed E-state index contributed by atoms with van der Waals surface area (Å²) < 4.78 is 38.4. The molecule has 28 heavy (non-hydrogen) atoms. The Bertz CT molecular complexity index is 837. The van der Waals surface area contributed by atoms with Crippen LogP contribution in [0.5, 0.6) is 0 Å². The van der Waals surface area contributed by atoms with Crippen LogP contribution in [0.2, 0.25) is 0 Å². The predicted octanol–water partition coefficient (Wildman–Crippen LogP) is 4.13. The van der Waals surface area contributed by atoms with E-state index in [0.29, 0.717) is 13.1 Å². The molecule has 1 unspecified atom stereocenters. The van der Waals surface area contributed by atoms with Crippen molar-refractivity contribution in [2.24, 2.45) is 5.92 Å². The zero-order valence-corrected chi connectivity index (χ0v) is 15.2. The fourth-order valence-corrected chi connectivity index (χ4v) is 3.30. The molecule has 2 aromatic carbocycles. The molecule has 2 amide bonds. The average molecular weight is 390 g/mol. The molecule has 1 aliphatic rings. The van der Waals surface area contributed by atoms with Crippen LogP contribution in [0, 0.1) is 5.92 Å². The summed E-state index contributed by atoms with van der Waals surface area (Å²) in [6.45, 7) is 0.847. The van der Waals surface area contributed by atoms with Crippen molar-refractivity contribution in [3.8, 4) is 0 Å². The molecule has 0 aromatic heterocycles. The molecule has 4 nitrogen and oxygen atoms in total. The maximum Gasteiger partial charge on any atom is 0.416 e. The quantitative estimate of drug-likeness (QED) is 0.807. The van der Waals surface area contributed by atoms with E-state index in [1.165, 1.54) is 17.7 Å². The van der Waals surface area contributed by atoms with Gasteiger partial charge in [0.2, 0.25) is 11.8 Å². The number of likely N-dealkylation sites (tertiary alicyclic amines) is 1. The summed E-state index contributed by atoms with van der Waals surface area (Å²) in [6.07, 6.45) is -2.76. The van der Waals surface area contributed by atoms with E-state index in [1.54, 1.807) is 4.90 Å². The molecule has 0 bridgehead atoms. The molecule has 1 aliphatic heterocycles. The first-order valence-corrected chi connectivity index (χ1v) is 9.13. The van der Waals surface area contributed by atoms with Crippen LogP contribution in [0.4, 0.5) is 18.9 Å². The van der Waals surface area contributed by atoms with E-state index in [0.717, 1.165) is 25.0 Å². The van der Waals surface area contributed by atoms with Crippen molar-refractivity contribution in [3.63, 3.8) is 0 Å². The van der Waals surface area contributed by atoms with E-state index in [1.807, 2.05) is 30.3 Å². The summed E-state index contributed by atoms with van der Waals surface area (Å²) in [5.41, 5.74) is 0.443. The lowest BCUT2D eigenvalue weighted by molar-refractivity contribution is -0.137. The van der Waals surface area contributed by atoms with Crippen molar-refractivity contribution in [2.75, 3.05) is 18.4 Å². The minimum atomic E-state index is -4.47. The number of alkyl halides is 3. The molecule has 0 radical (unpaired) electrons. The van der Waals surface area contributed by atoms with Gasteiger partial charge in [0.1, 0.15) is 0 Å². The Morgan fingerprint density at radius 2 is 1.86 bits per heavy atom. The van der Waals surface area contributed by atoms with Crippen LogP contribution in [0.25, 0.3) is 0 Å². The summed E-state index contributed by atoms with van der Waals surface area (Å²) in [5, 5.41) is 2.50. The van der Waals surface area contributed by atoms with Gasteiger partial charge in [0.05, 0.1) is 11.5 Å². The van der Waals surface area contributed by atoms with Gasteiger partial charge in [-0.15, -0.1) is 0 Å². The summed E-state index contributed by atoms with van der Waals surface area (Å²) in [5.74, 6) is -1.09. The molecule has 148 valence electrons. The van der Waals surface area contributed by atoms with E-state index in [2.05, 4.69) is 5.32 Å². The Morgan fingerprint density at radius 3 is 2.57 bits per heavy atom. The van der Waals surface area contributed by atoms with E-state index in [9.17, 15) is 22.8 Å². The third kappa shape index (κ3) is 5.12. The number of halogens is 3. The lowest BCUT2D eigenvalue weighted by Gasteiger charge is -2.17. The summed E-state index contributed by atoms with van der Waals surface area (Å²) >= 11 is 0. The van der Waals surface area contributed by atoms with Crippen LogP contribution in [-0.2, 0) is 22.2 Å². The van der Waals surface area contributed by atoms with Gasteiger partial charge in [-0.1, -0.05) is 36.4 Å². The molecular weight excluding hydrogens is 369 g/mol. The lowest BCUT2D eigenvalue weighted by Crippen LogP contribution is -2.29. The molecule has 3 rings (SSSR count). The number of hydrogen-bond acceptors (Lipinski definition) is 2. The molecule has 1 N–H and O–H groups in total. The molecule has 1 heterocycles. The number of amides is 2. The molecule has 0 saturated carbocycles. The molecule has 7 heteroatoms. The van der Waals surface area contributed by atoms with Crippen molar-refractivity contribution >= 4 is 17.5 Å². The largest absolute Gasteiger partial charge is 0.416 e. The lowest BCUT2D eigenvalue weighted by atomic mass is 10.1. The summed E-state index contributed by atoms with van der Waals surface area (Å²) in [7, 11) is 0. The fraction of sp³-hybridized carbons (Fsp3) is 0.333. The number of carbonyl (C=O) groups excluding carboxylic acids is 2. The van der Waals surface area contributed by atoms with Crippen molar-refractivity contribution in [2.45, 2.75) is 25.4 Å². The third-order valence-electron chi connectivity index (χ3n) is 4.78. The van der Waals surface area contributed by atoms with E-state index in [4.69, 9.17) is 0 Å². The first-order chi connectivity index (χ1) is 13.3. The van der Waals surface area contributed by atoms with Gasteiger partial charge in [-0.2, -0.15) is 13.2 Å². The number of rotatable bonds is 6. The second-order valence-electron chi connectivity index (χ2n) is 6.90. The fourth-order valence-electron chi connectivity index (χ4n) is 3.30. The van der Waals surface area contributed by atoms with Crippen LogP contribution in [0.15, 0.2) is 54.6 Å². The zero-order valence-electron chi connectivity index (χ0n) is 15.2. The van der Waals surface area contributed by atoms with Crippen LogP contribution < -0.4 is 5.32 Å². The highest BCUT2D eigenvalue weighted by Crippen LogP contribution is 2.31. The normalized spacial score (nSPS) is 17.0. The van der Waals surface area contributed by atoms with Crippen LogP contribution in [-0.4, -0.2) is 29.8 Å². The van der Waals surface area contributed by atoms with Crippen LogP contribution >= 0.6 is 0 Å². The zero-order chi connectivity index (χ0) is 20.1. The smallest absolute Gasteiger partial charge is 0.342 e. The number of carbonyl (C=O) groups is 2. The van der Waals surface area contributed by atoms with E-state index in [-0.39, 0.29) is 18.0 Å². The van der Waals surface area contributed by atoms with Crippen LogP contribution in [0.1, 0.15) is 24.0 Å². The number of nitrogens with one attached hydrogen (secondary N) is 1. The van der Waals surface area contributed by atoms with Gasteiger partial charge in [0.25, 0.3) is 0 Å². The Balaban J connectivity index is 1.52. The van der Waals surface area contributed by atoms with Crippen molar-refractivity contribution in [1.82, 2.24) is 4.90 Å². The standard InChI is InChI=1S/C21H21F3N2O2/c22-21(23,24)17-9-4-10-18(13-17)25-20(28)16-12-19(27)26(14-16)11-5-8-15-6-2-1-3-7-15/h1-4,6-7,9-10,13,16H,5,8,11-12,14H2,(H,25,28). The highest BCUT2D eigenvalue weighted by molar-refractivity contribution is 5.97. The van der Waals surface area contributed by atoms with Gasteiger partial charge in [0, 0.05) is 25.2 Å². The number of nitrogens with zero attached hydrogens (tertiary/aromatic N) is 1. The van der Waals surface area contributed by atoms with Gasteiger partial charge in [-0.05, 0) is 36.6 Å². The van der Waals surface area contributed by atoms with Gasteiger partial charge in [-0.25, -0.2) is 0 Å². The molecule has 0 spiro atoms. The summed E-state index contributed by atoms with van der Waals surface area (Å²) in [4.78, 5) is 26.2. The predicted molar refractivity (Wildman–Crippen MR) is 99.5 cm³/mol. The van der Waals surface area contributed by atoms with Crippen molar-refractivity contribution in [1.29, 1.82) is 0 Å². The molecule has 1 fully saturated rings. The van der Waals surface area contributed by atoms with Gasteiger partial charge < -0.3 is 10.2 Å². The third-order valence-corrected chi connectivity index (χ3v) is 4.78. The Morgan fingerprint density at radius 1 is 1.11 bits per heavy atom. The number of hydrogen-bond donors (Lipinski definition) is 1. The highest BCUT2D eigenvalue weighted by Gasteiger charge is 2.34. The Hall–Kier alpha value is -2.83. The Labute approximate surface area is 161 Å². The highest BCUT2D eigenvalue weighted by atomic mass is 19.4. The Kier molecular flexibility index (Phi) is 6.02. The molecular formula is C21H21F3N2O2.